The van der Waals surface area contributed by atoms with Gasteiger partial charge in [-0.05, 0) is 31.1 Å². The zero-order chi connectivity index (χ0) is 78.1. The van der Waals surface area contributed by atoms with E-state index < -0.39 is 15.8 Å². The highest BCUT2D eigenvalue weighted by molar-refractivity contribution is 7.88. The summed E-state index contributed by atoms with van der Waals surface area (Å²) < 4.78 is 38.8. The molecule has 100 heavy (non-hydrogen) atoms. The predicted octanol–water partition coefficient (Wildman–Crippen LogP) is 13.8. The quantitative estimate of drug-likeness (QED) is 0.0505. The Hall–Kier alpha value is -7.60. The second-order valence-corrected chi connectivity index (χ2v) is 34.0. The fourth-order valence-corrected chi connectivity index (χ4v) is 7.18. The molecule has 0 fully saturated rings. The molecular formula is C71H134N18O9S2. The van der Waals surface area contributed by atoms with Gasteiger partial charge >= 0.3 is 5.76 Å². The first-order chi connectivity index (χ1) is 44.7. The Morgan fingerprint density at radius 1 is 0.600 bits per heavy atom. The number of nitrogens with two attached hydrogens (primary N) is 4. The number of imidazole rings is 3. The van der Waals surface area contributed by atoms with Crippen LogP contribution in [0.25, 0.3) is 0 Å². The molecule has 7 aromatic heterocycles. The second kappa shape index (κ2) is 44.6. The van der Waals surface area contributed by atoms with Crippen molar-refractivity contribution >= 4 is 56.2 Å². The van der Waals surface area contributed by atoms with Gasteiger partial charge in [0.15, 0.2) is 22.8 Å². The fourth-order valence-electron chi connectivity index (χ4n) is 5.73. The number of hydrogen-bond acceptors (Lipinski definition) is 23. The van der Waals surface area contributed by atoms with Gasteiger partial charge in [0.25, 0.3) is 12.0 Å². The van der Waals surface area contributed by atoms with Crippen molar-refractivity contribution in [1.82, 2.24) is 59.8 Å². The van der Waals surface area contributed by atoms with Crippen LogP contribution < -0.4 is 44.0 Å². The number of aromatic amines is 4. The van der Waals surface area contributed by atoms with Crippen LogP contribution in [0.5, 0.6) is 0 Å². The summed E-state index contributed by atoms with van der Waals surface area (Å²) >= 11 is 1.56. The second-order valence-electron chi connectivity index (χ2n) is 31.2. The first-order valence-corrected chi connectivity index (χ1v) is 35.5. The van der Waals surface area contributed by atoms with Gasteiger partial charge in [0.05, 0.1) is 37.7 Å². The fraction of sp³-hybridized carbons (Fsp3) is 0.648. The number of oxazole rings is 2. The smallest absolute Gasteiger partial charge is 0.428 e. The normalized spacial score (nSPS) is 11.4. The van der Waals surface area contributed by atoms with Gasteiger partial charge in [-0.15, -0.1) is 16.4 Å². The van der Waals surface area contributed by atoms with Gasteiger partial charge in [-0.25, -0.2) is 48.2 Å². The summed E-state index contributed by atoms with van der Waals surface area (Å²) in [6.45, 7) is 68.3. The molecule has 0 atom stereocenters. The number of nitrogen functional groups attached to an aromatic ring is 3. The molecule has 0 aliphatic heterocycles. The molecule has 7 aromatic rings. The number of nitrogens with one attached hydrogen (secondary N) is 7. The standard InChI is InChI=1S/2C9H17N3O.C8H14N2.C7H13N3.C7H12N2O.C7H12N2S.C6H10N2O2.C6H13NO2S.C6H12.C5H10O2.CH4/c1-9(2,3)7-6-12-8(13-7)11-5-4-10;1-9(2,3)7-6-11-8(12-7)10-4-5-13;1-6-9-5-7(10-6)8(2,3)4;3*1-7(2,3)5-4-9-6(8)10-5;1-6(2,3)4-7-8-5(9)10-4;1-5(2)6(3)7-10(4,8)9;1-5(2)6(3)4;1-4(2)5(7)3-6;/h6H,4-5,10H2,1-3H3,(H,11,12);6,13H,4-5H2,1-3H3,(H2,10,11,12);5H,1-4H3,(H,9,10);4H,1-3H3,(H3,8,9,10);2*4H,1-3H3,(H2,8,9);1-3H3,(H,8,9);5,7H,3H2,1-2,4H3;6H,1H2,2-4H3;4,6H,3H2,1-2H3;1H4. The lowest BCUT2D eigenvalue weighted by Gasteiger charge is -2.15. The Labute approximate surface area is 603 Å². The topological polar surface area (TPSA) is 442 Å². The number of H-pyrrole nitrogens is 4. The van der Waals surface area contributed by atoms with E-state index in [4.69, 9.17) is 46.4 Å². The minimum Gasteiger partial charge on any atom is -0.428 e. The number of anilines is 5. The highest BCUT2D eigenvalue weighted by Gasteiger charge is 2.22. The number of aliphatic hydroxyl groups is 2. The molecule has 0 bridgehead atoms. The summed E-state index contributed by atoms with van der Waals surface area (Å²) in [5.41, 5.74) is 27.1. The number of aryl methyl sites for hydroxylation is 1. The number of allylic oxidation sites excluding steroid dienone is 2. The van der Waals surface area contributed by atoms with Gasteiger partial charge < -0.3 is 72.0 Å². The van der Waals surface area contributed by atoms with Gasteiger partial charge in [-0.3, -0.25) is 9.52 Å². The summed E-state index contributed by atoms with van der Waals surface area (Å²) in [5, 5.41) is 29.2. The maximum absolute atomic E-state index is 10.6. The molecule has 0 aliphatic carbocycles. The number of carbonyl (C=O) groups excluding carboxylic acids is 1. The van der Waals surface area contributed by atoms with Gasteiger partial charge in [0.1, 0.15) is 24.0 Å². The number of hydrogen-bond donors (Lipinski definition) is 13. The third kappa shape index (κ3) is 46.7. The van der Waals surface area contributed by atoms with Gasteiger partial charge in [0.2, 0.25) is 15.9 Å². The predicted molar refractivity (Wildman–Crippen MR) is 415 cm³/mol. The lowest BCUT2D eigenvalue weighted by Crippen LogP contribution is -2.23. The SMILES string of the molecule is C.C=C(C)C(C)C.C=C(NS(C)(=O)=O)C(C)C.CC(C)(C)c1cnc(N)[nH]1.CC(C)(C)c1cnc(N)o1.CC(C)(C)c1cnc(N)s1.CC(C)(C)c1cnc(NCCN)o1.CC(C)(C)c1cnc(NCCO)[nH]1.CC(C)(C)c1n[nH]c(=O)o1.CC(C)C(=O)CO.Cc1ncc(C(C)(C)C)[nH]1. The van der Waals surface area contributed by atoms with Crippen LogP contribution in [-0.2, 0) is 52.7 Å². The molecule has 17 N–H and O–H groups in total. The molecule has 7 rings (SSSR count). The number of aliphatic hydroxyl groups excluding tert-OH is 2. The number of ketones is 1. The molecule has 0 spiro atoms. The first-order valence-electron chi connectivity index (χ1n) is 32.8. The number of nitrogens with zero attached hydrogens (tertiary/aromatic N) is 7. The van der Waals surface area contributed by atoms with Crippen LogP contribution in [0.15, 0.2) is 79.7 Å². The lowest BCUT2D eigenvalue weighted by molar-refractivity contribution is -0.124. The first kappa shape index (κ1) is 98.8. The van der Waals surface area contributed by atoms with Crippen molar-refractivity contribution in [2.24, 2.45) is 23.5 Å². The van der Waals surface area contributed by atoms with Crippen molar-refractivity contribution in [3.05, 3.63) is 117 Å². The summed E-state index contributed by atoms with van der Waals surface area (Å²) in [7, 11) is -3.12. The molecule has 574 valence electrons. The molecule has 0 aromatic carbocycles. The Morgan fingerprint density at radius 3 is 1.30 bits per heavy atom. The summed E-state index contributed by atoms with van der Waals surface area (Å²) in [6.07, 6.45) is 11.9. The molecule has 0 unspecified atom stereocenters. The molecule has 0 amide bonds. The van der Waals surface area contributed by atoms with E-state index in [-0.39, 0.29) is 82.2 Å². The van der Waals surface area contributed by atoms with Gasteiger partial charge in [-0.2, -0.15) is 0 Å². The van der Waals surface area contributed by atoms with E-state index in [2.05, 4.69) is 201 Å². The van der Waals surface area contributed by atoms with Crippen LogP contribution in [0.3, 0.4) is 0 Å². The molecule has 7 heterocycles. The Balaban J connectivity index is -0.000000515. The van der Waals surface area contributed by atoms with Crippen LogP contribution in [-0.4, -0.2) is 119 Å². The minimum absolute atomic E-state index is 0. The summed E-state index contributed by atoms with van der Waals surface area (Å²) in [5.74, 6) is 4.54. The van der Waals surface area contributed by atoms with Gasteiger partial charge in [0, 0.05) is 98.1 Å². The molecule has 29 heteroatoms. The number of sulfonamides is 1. The Kier molecular flexibility index (Phi) is 44.1. The number of rotatable bonds is 12. The van der Waals surface area contributed by atoms with E-state index in [9.17, 15) is 18.0 Å². The van der Waals surface area contributed by atoms with Crippen molar-refractivity contribution in [2.45, 2.75) is 246 Å². The van der Waals surface area contributed by atoms with E-state index in [0.717, 1.165) is 40.9 Å². The van der Waals surface area contributed by atoms with E-state index in [1.165, 1.54) is 16.1 Å². The maximum Gasteiger partial charge on any atom is 0.434 e. The molecular weight excluding hydrogens is 1310 g/mol. The minimum atomic E-state index is -3.12. The van der Waals surface area contributed by atoms with Crippen LogP contribution >= 0.6 is 11.3 Å². The van der Waals surface area contributed by atoms with Crippen LogP contribution in [0.2, 0.25) is 0 Å². The van der Waals surface area contributed by atoms with Crippen molar-refractivity contribution in [2.75, 3.05) is 66.9 Å². The zero-order valence-corrected chi connectivity index (χ0v) is 67.3. The summed E-state index contributed by atoms with van der Waals surface area (Å²) in [6, 6.07) is 0.792. The van der Waals surface area contributed by atoms with E-state index in [1.54, 1.807) is 43.8 Å². The van der Waals surface area contributed by atoms with Crippen LogP contribution in [0, 0.1) is 24.7 Å². The molecule has 27 nitrogen and oxygen atoms in total. The monoisotopic (exact) mass is 1450 g/mol. The van der Waals surface area contributed by atoms with Gasteiger partial charge in [-0.1, -0.05) is 213 Å². The number of thiazole rings is 1. The van der Waals surface area contributed by atoms with Crippen molar-refractivity contribution < 1.29 is 36.7 Å². The van der Waals surface area contributed by atoms with E-state index >= 15 is 0 Å². The van der Waals surface area contributed by atoms with E-state index in [0.29, 0.717) is 54.2 Å². The lowest BCUT2D eigenvalue weighted by atomic mass is 9.93. The molecule has 0 saturated carbocycles. The average Bonchev–Trinajstić information content (AvgIpc) is 1.78. The maximum atomic E-state index is 10.6. The number of aromatic nitrogens is 11. The van der Waals surface area contributed by atoms with Crippen molar-refractivity contribution in [1.29, 1.82) is 0 Å². The Morgan fingerprint density at radius 2 is 1.07 bits per heavy atom. The summed E-state index contributed by atoms with van der Waals surface area (Å²) in [4.78, 5) is 55.3. The molecule has 0 aliphatic rings. The molecule has 0 saturated heterocycles. The third-order valence-electron chi connectivity index (χ3n) is 12.8. The zero-order valence-electron chi connectivity index (χ0n) is 65.7. The average molecular weight is 1450 g/mol. The number of Topliss-reactive ketones (excluding diaryl/α,β-unsaturated/α-hetero) is 1. The largest absolute Gasteiger partial charge is 0.434 e. The van der Waals surface area contributed by atoms with Crippen LogP contribution in [0.1, 0.15) is 246 Å². The highest BCUT2D eigenvalue weighted by Crippen LogP contribution is 2.29. The molecule has 0 radical (unpaired) electrons. The van der Waals surface area contributed by atoms with E-state index in [1.807, 2.05) is 87.8 Å². The van der Waals surface area contributed by atoms with Crippen molar-refractivity contribution in [3.8, 4) is 0 Å². The third-order valence-corrected chi connectivity index (χ3v) is 14.7. The highest BCUT2D eigenvalue weighted by atomic mass is 32.2. The number of carbonyl (C=O) groups is 1. The Bertz CT molecular complexity index is 3260. The van der Waals surface area contributed by atoms with Crippen LogP contribution in [0.4, 0.5) is 29.1 Å². The van der Waals surface area contributed by atoms with Crippen molar-refractivity contribution in [3.63, 3.8) is 0 Å².